The Labute approximate surface area is 113 Å². The van der Waals surface area contributed by atoms with E-state index >= 15 is 0 Å². The SMILES string of the molecule is CN(CCNc1ccccc1[N+](=O)[O-])C1CCCC1. The van der Waals surface area contributed by atoms with E-state index in [0.29, 0.717) is 11.7 Å². The molecule has 19 heavy (non-hydrogen) atoms. The Morgan fingerprint density at radius 3 is 2.74 bits per heavy atom. The molecule has 0 radical (unpaired) electrons. The lowest BCUT2D eigenvalue weighted by molar-refractivity contribution is -0.384. The number of hydrogen-bond acceptors (Lipinski definition) is 4. The maximum atomic E-state index is 10.9. The molecule has 1 fully saturated rings. The Morgan fingerprint density at radius 2 is 2.05 bits per heavy atom. The number of rotatable bonds is 6. The molecule has 1 aromatic rings. The third kappa shape index (κ3) is 3.67. The Morgan fingerprint density at radius 1 is 1.37 bits per heavy atom. The fraction of sp³-hybridized carbons (Fsp3) is 0.571. The van der Waals surface area contributed by atoms with Gasteiger partial charge in [0.2, 0.25) is 0 Å². The molecule has 0 aliphatic heterocycles. The summed E-state index contributed by atoms with van der Waals surface area (Å²) in [6.45, 7) is 1.65. The number of nitrogens with one attached hydrogen (secondary N) is 1. The van der Waals surface area contributed by atoms with Crippen molar-refractivity contribution in [2.24, 2.45) is 0 Å². The average molecular weight is 263 g/mol. The molecule has 0 bridgehead atoms. The number of likely N-dealkylation sites (N-methyl/N-ethyl adjacent to an activating group) is 1. The molecule has 104 valence electrons. The molecule has 1 aliphatic carbocycles. The van der Waals surface area contributed by atoms with E-state index in [2.05, 4.69) is 17.3 Å². The summed E-state index contributed by atoms with van der Waals surface area (Å²) in [4.78, 5) is 12.9. The van der Waals surface area contributed by atoms with Gasteiger partial charge >= 0.3 is 0 Å². The van der Waals surface area contributed by atoms with Crippen molar-refractivity contribution >= 4 is 11.4 Å². The van der Waals surface area contributed by atoms with Crippen molar-refractivity contribution in [1.82, 2.24) is 4.90 Å². The van der Waals surface area contributed by atoms with Crippen LogP contribution in [-0.4, -0.2) is 36.0 Å². The fourth-order valence-electron chi connectivity index (χ4n) is 2.68. The van der Waals surface area contributed by atoms with Crippen LogP contribution in [0.15, 0.2) is 24.3 Å². The number of hydrogen-bond donors (Lipinski definition) is 1. The van der Waals surface area contributed by atoms with Crippen LogP contribution in [0.5, 0.6) is 0 Å². The predicted octanol–water partition coefficient (Wildman–Crippen LogP) is 2.88. The topological polar surface area (TPSA) is 58.4 Å². The van der Waals surface area contributed by atoms with Crippen LogP contribution in [0.2, 0.25) is 0 Å². The lowest BCUT2D eigenvalue weighted by atomic mass is 10.2. The van der Waals surface area contributed by atoms with Gasteiger partial charge in [-0.25, -0.2) is 0 Å². The molecule has 1 aromatic carbocycles. The van der Waals surface area contributed by atoms with Gasteiger partial charge in [0.1, 0.15) is 5.69 Å². The van der Waals surface area contributed by atoms with E-state index in [0.717, 1.165) is 13.1 Å². The standard InChI is InChI=1S/C14H21N3O2/c1-16(12-6-2-3-7-12)11-10-15-13-8-4-5-9-14(13)17(18)19/h4-5,8-9,12,15H,2-3,6-7,10-11H2,1H3. The second kappa shape index (κ2) is 6.52. The van der Waals surface area contributed by atoms with Crippen molar-refractivity contribution in [1.29, 1.82) is 0 Å². The fourth-order valence-corrected chi connectivity index (χ4v) is 2.68. The molecule has 0 atom stereocenters. The first-order chi connectivity index (χ1) is 9.18. The highest BCUT2D eigenvalue weighted by molar-refractivity contribution is 5.60. The summed E-state index contributed by atoms with van der Waals surface area (Å²) in [5.41, 5.74) is 0.748. The predicted molar refractivity (Wildman–Crippen MR) is 76.5 cm³/mol. The van der Waals surface area contributed by atoms with Gasteiger partial charge in [-0.15, -0.1) is 0 Å². The van der Waals surface area contributed by atoms with Gasteiger partial charge in [-0.2, -0.15) is 0 Å². The van der Waals surface area contributed by atoms with Crippen molar-refractivity contribution in [3.05, 3.63) is 34.4 Å². The minimum atomic E-state index is -0.344. The van der Waals surface area contributed by atoms with E-state index in [1.807, 2.05) is 6.07 Å². The van der Waals surface area contributed by atoms with Crippen molar-refractivity contribution in [2.75, 3.05) is 25.5 Å². The van der Waals surface area contributed by atoms with Crippen LogP contribution in [-0.2, 0) is 0 Å². The molecule has 0 heterocycles. The summed E-state index contributed by atoms with van der Waals surface area (Å²) in [5.74, 6) is 0. The first-order valence-electron chi connectivity index (χ1n) is 6.86. The lowest BCUT2D eigenvalue weighted by Crippen LogP contribution is -2.33. The zero-order valence-corrected chi connectivity index (χ0v) is 11.3. The van der Waals surface area contributed by atoms with Gasteiger partial charge in [0.25, 0.3) is 5.69 Å². The van der Waals surface area contributed by atoms with E-state index in [1.165, 1.54) is 31.7 Å². The first kappa shape index (κ1) is 13.8. The second-order valence-corrected chi connectivity index (χ2v) is 5.12. The Kier molecular flexibility index (Phi) is 4.74. The Hall–Kier alpha value is -1.62. The molecular formula is C14H21N3O2. The van der Waals surface area contributed by atoms with Gasteiger partial charge in [0.15, 0.2) is 0 Å². The molecule has 5 heteroatoms. The Balaban J connectivity index is 1.83. The van der Waals surface area contributed by atoms with Crippen LogP contribution in [0, 0.1) is 10.1 Å². The highest BCUT2D eigenvalue weighted by Crippen LogP contribution is 2.24. The molecular weight excluding hydrogens is 242 g/mol. The van der Waals surface area contributed by atoms with Crippen molar-refractivity contribution in [3.63, 3.8) is 0 Å². The van der Waals surface area contributed by atoms with Crippen molar-refractivity contribution in [3.8, 4) is 0 Å². The van der Waals surface area contributed by atoms with Gasteiger partial charge in [-0.3, -0.25) is 10.1 Å². The van der Waals surface area contributed by atoms with Gasteiger partial charge in [-0.1, -0.05) is 25.0 Å². The number of nitrogens with zero attached hydrogens (tertiary/aromatic N) is 2. The van der Waals surface area contributed by atoms with Gasteiger partial charge < -0.3 is 10.2 Å². The molecule has 0 aromatic heterocycles. The minimum absolute atomic E-state index is 0.144. The molecule has 0 saturated heterocycles. The molecule has 0 amide bonds. The summed E-state index contributed by atoms with van der Waals surface area (Å²) >= 11 is 0. The zero-order valence-electron chi connectivity index (χ0n) is 11.3. The smallest absolute Gasteiger partial charge is 0.292 e. The van der Waals surface area contributed by atoms with Gasteiger partial charge in [0.05, 0.1) is 4.92 Å². The summed E-state index contributed by atoms with van der Waals surface area (Å²) in [6, 6.07) is 7.48. The number of anilines is 1. The average Bonchev–Trinajstić information content (AvgIpc) is 2.93. The monoisotopic (exact) mass is 263 g/mol. The maximum Gasteiger partial charge on any atom is 0.292 e. The van der Waals surface area contributed by atoms with E-state index in [-0.39, 0.29) is 10.6 Å². The van der Waals surface area contributed by atoms with Crippen LogP contribution < -0.4 is 5.32 Å². The number of para-hydroxylation sites is 2. The molecule has 0 unspecified atom stereocenters. The van der Waals surface area contributed by atoms with Crippen LogP contribution >= 0.6 is 0 Å². The number of nitro groups is 1. The van der Waals surface area contributed by atoms with Crippen LogP contribution in [0.4, 0.5) is 11.4 Å². The minimum Gasteiger partial charge on any atom is -0.378 e. The number of benzene rings is 1. The molecule has 5 nitrogen and oxygen atoms in total. The zero-order chi connectivity index (χ0) is 13.7. The van der Waals surface area contributed by atoms with Gasteiger partial charge in [0, 0.05) is 25.2 Å². The third-order valence-electron chi connectivity index (χ3n) is 3.83. The van der Waals surface area contributed by atoms with Crippen molar-refractivity contribution < 1.29 is 4.92 Å². The second-order valence-electron chi connectivity index (χ2n) is 5.12. The highest BCUT2D eigenvalue weighted by atomic mass is 16.6. The molecule has 2 rings (SSSR count). The van der Waals surface area contributed by atoms with Crippen LogP contribution in [0.3, 0.4) is 0 Å². The molecule has 0 spiro atoms. The summed E-state index contributed by atoms with van der Waals surface area (Å²) in [5, 5.41) is 14.0. The summed E-state index contributed by atoms with van der Waals surface area (Å²) < 4.78 is 0. The van der Waals surface area contributed by atoms with E-state index in [1.54, 1.807) is 12.1 Å². The summed E-state index contributed by atoms with van der Waals surface area (Å²) in [6.07, 6.45) is 5.21. The van der Waals surface area contributed by atoms with E-state index in [9.17, 15) is 10.1 Å². The maximum absolute atomic E-state index is 10.9. The quantitative estimate of drug-likeness (QED) is 0.633. The van der Waals surface area contributed by atoms with Gasteiger partial charge in [-0.05, 0) is 26.0 Å². The molecule has 1 N–H and O–H groups in total. The number of nitro benzene ring substituents is 1. The highest BCUT2D eigenvalue weighted by Gasteiger charge is 2.19. The van der Waals surface area contributed by atoms with Crippen LogP contribution in [0.1, 0.15) is 25.7 Å². The lowest BCUT2D eigenvalue weighted by Gasteiger charge is -2.24. The first-order valence-corrected chi connectivity index (χ1v) is 6.86. The normalized spacial score (nSPS) is 15.9. The van der Waals surface area contributed by atoms with Crippen LogP contribution in [0.25, 0.3) is 0 Å². The van der Waals surface area contributed by atoms with E-state index < -0.39 is 0 Å². The van der Waals surface area contributed by atoms with Crippen molar-refractivity contribution in [2.45, 2.75) is 31.7 Å². The Bertz CT molecular complexity index is 430. The van der Waals surface area contributed by atoms with E-state index in [4.69, 9.17) is 0 Å². The molecule has 1 aliphatic rings. The third-order valence-corrected chi connectivity index (χ3v) is 3.83. The summed E-state index contributed by atoms with van der Waals surface area (Å²) in [7, 11) is 2.14. The molecule has 1 saturated carbocycles. The largest absolute Gasteiger partial charge is 0.378 e.